The van der Waals surface area contributed by atoms with Crippen molar-refractivity contribution >= 4 is 0 Å². The zero-order valence-corrected chi connectivity index (χ0v) is 14.6. The molecular weight excluding hydrogens is 310 g/mol. The molecule has 3 aromatic rings. The zero-order valence-electron chi connectivity index (χ0n) is 14.6. The molecule has 0 bridgehead atoms. The van der Waals surface area contributed by atoms with Crippen molar-refractivity contribution in [1.29, 1.82) is 0 Å². The number of hydrogen-bond acceptors (Lipinski definition) is 3. The average Bonchev–Trinajstić information content (AvgIpc) is 3.12. The van der Waals surface area contributed by atoms with Crippen LogP contribution in [0.3, 0.4) is 0 Å². The van der Waals surface area contributed by atoms with Gasteiger partial charge in [-0.25, -0.2) is 0 Å². The van der Waals surface area contributed by atoms with Gasteiger partial charge < -0.3 is 10.4 Å². The van der Waals surface area contributed by atoms with Gasteiger partial charge in [0.05, 0.1) is 19.3 Å². The van der Waals surface area contributed by atoms with Gasteiger partial charge in [-0.05, 0) is 36.6 Å². The van der Waals surface area contributed by atoms with E-state index in [1.54, 1.807) is 0 Å². The summed E-state index contributed by atoms with van der Waals surface area (Å²) in [5.41, 5.74) is 4.68. The van der Waals surface area contributed by atoms with Crippen LogP contribution in [0.15, 0.2) is 67.0 Å². The van der Waals surface area contributed by atoms with Crippen LogP contribution < -0.4 is 5.32 Å². The minimum absolute atomic E-state index is 0.0997. The van der Waals surface area contributed by atoms with Crippen LogP contribution in [-0.4, -0.2) is 21.4 Å². The largest absolute Gasteiger partial charge is 0.392 e. The Kier molecular flexibility index (Phi) is 5.99. The highest BCUT2D eigenvalue weighted by Crippen LogP contribution is 2.12. The van der Waals surface area contributed by atoms with Crippen molar-refractivity contribution in [1.82, 2.24) is 15.1 Å². The summed E-state index contributed by atoms with van der Waals surface area (Å²) in [5, 5.41) is 17.1. The van der Waals surface area contributed by atoms with Crippen LogP contribution in [0.4, 0.5) is 0 Å². The molecule has 130 valence electrons. The fourth-order valence-electron chi connectivity index (χ4n) is 2.82. The van der Waals surface area contributed by atoms with Crippen LogP contribution in [0.2, 0.25) is 0 Å². The molecule has 0 saturated heterocycles. The number of aliphatic hydroxyl groups excluding tert-OH is 1. The van der Waals surface area contributed by atoms with Crippen molar-refractivity contribution < 1.29 is 5.11 Å². The van der Waals surface area contributed by atoms with E-state index in [4.69, 9.17) is 5.11 Å². The third-order valence-electron chi connectivity index (χ3n) is 4.41. The van der Waals surface area contributed by atoms with E-state index in [1.807, 2.05) is 29.1 Å². The normalized spacial score (nSPS) is 12.2. The smallest absolute Gasteiger partial charge is 0.0681 e. The van der Waals surface area contributed by atoms with Gasteiger partial charge in [-0.15, -0.1) is 0 Å². The summed E-state index contributed by atoms with van der Waals surface area (Å²) in [6.07, 6.45) is 5.02. The van der Waals surface area contributed by atoms with Gasteiger partial charge in [0.1, 0.15) is 0 Å². The maximum atomic E-state index is 9.08. The molecular formula is C21H25N3O. The van der Waals surface area contributed by atoms with Crippen molar-refractivity contribution in [2.75, 3.05) is 6.54 Å². The lowest BCUT2D eigenvalue weighted by Gasteiger charge is -2.12. The Balaban J connectivity index is 1.48. The van der Waals surface area contributed by atoms with E-state index < -0.39 is 0 Å². The standard InChI is InChI=1S/C21H25N3O/c1-17(22-12-11-18-7-9-20(16-25)10-8-18)21-13-23-24(15-21)14-19-5-3-2-4-6-19/h2-10,13,15,17,22,25H,11-12,14,16H2,1H3. The molecule has 2 N–H and O–H groups in total. The molecule has 3 rings (SSSR count). The fraction of sp³-hybridized carbons (Fsp3) is 0.286. The van der Waals surface area contributed by atoms with Crippen LogP contribution >= 0.6 is 0 Å². The van der Waals surface area contributed by atoms with Crippen LogP contribution in [0.1, 0.15) is 35.2 Å². The number of rotatable bonds is 8. The SMILES string of the molecule is CC(NCCc1ccc(CO)cc1)c1cnn(Cc2ccccc2)c1. The quantitative estimate of drug-likeness (QED) is 0.664. The lowest BCUT2D eigenvalue weighted by atomic mass is 10.1. The molecule has 0 saturated carbocycles. The van der Waals surface area contributed by atoms with Crippen LogP contribution in [0.25, 0.3) is 0 Å². The molecule has 0 aliphatic carbocycles. The molecule has 0 aliphatic rings. The van der Waals surface area contributed by atoms with E-state index in [0.717, 1.165) is 25.1 Å². The van der Waals surface area contributed by atoms with Crippen molar-refractivity contribution in [3.05, 3.63) is 89.2 Å². The van der Waals surface area contributed by atoms with Crippen molar-refractivity contribution in [2.45, 2.75) is 32.5 Å². The summed E-state index contributed by atoms with van der Waals surface area (Å²) in [6.45, 7) is 3.97. The number of aromatic nitrogens is 2. The lowest BCUT2D eigenvalue weighted by Crippen LogP contribution is -2.21. The summed E-state index contributed by atoms with van der Waals surface area (Å²) in [7, 11) is 0. The zero-order chi connectivity index (χ0) is 17.5. The lowest BCUT2D eigenvalue weighted by molar-refractivity contribution is 0.282. The number of nitrogens with one attached hydrogen (secondary N) is 1. The molecule has 1 atom stereocenters. The summed E-state index contributed by atoms with van der Waals surface area (Å²) >= 11 is 0. The van der Waals surface area contributed by atoms with E-state index in [9.17, 15) is 0 Å². The molecule has 2 aromatic carbocycles. The second kappa shape index (κ2) is 8.60. The second-order valence-corrected chi connectivity index (χ2v) is 6.36. The Labute approximate surface area is 149 Å². The van der Waals surface area contributed by atoms with Crippen LogP contribution in [0, 0.1) is 0 Å². The van der Waals surface area contributed by atoms with Crippen molar-refractivity contribution in [3.8, 4) is 0 Å². The summed E-state index contributed by atoms with van der Waals surface area (Å²) in [4.78, 5) is 0. The first-order chi connectivity index (χ1) is 12.2. The van der Waals surface area contributed by atoms with Gasteiger partial charge in [0.2, 0.25) is 0 Å². The highest BCUT2D eigenvalue weighted by Gasteiger charge is 2.08. The maximum Gasteiger partial charge on any atom is 0.0681 e. The molecule has 1 heterocycles. The van der Waals surface area contributed by atoms with Gasteiger partial charge >= 0.3 is 0 Å². The molecule has 0 amide bonds. The van der Waals surface area contributed by atoms with Crippen molar-refractivity contribution in [2.24, 2.45) is 0 Å². The molecule has 1 aromatic heterocycles. The third kappa shape index (κ3) is 5.02. The highest BCUT2D eigenvalue weighted by atomic mass is 16.3. The number of hydrogen-bond donors (Lipinski definition) is 2. The predicted octanol–water partition coefficient (Wildman–Crippen LogP) is 3.32. The molecule has 4 heteroatoms. The number of nitrogens with zero attached hydrogens (tertiary/aromatic N) is 2. The van der Waals surface area contributed by atoms with Gasteiger partial charge in [0, 0.05) is 17.8 Å². The van der Waals surface area contributed by atoms with Gasteiger partial charge in [0.15, 0.2) is 0 Å². The first kappa shape index (κ1) is 17.4. The first-order valence-electron chi connectivity index (χ1n) is 8.73. The molecule has 0 aliphatic heterocycles. The molecule has 0 radical (unpaired) electrons. The minimum Gasteiger partial charge on any atom is -0.392 e. The molecule has 0 spiro atoms. The monoisotopic (exact) mass is 335 g/mol. The summed E-state index contributed by atoms with van der Waals surface area (Å²) in [5.74, 6) is 0. The van der Waals surface area contributed by atoms with E-state index in [1.165, 1.54) is 16.7 Å². The maximum absolute atomic E-state index is 9.08. The van der Waals surface area contributed by atoms with Gasteiger partial charge in [0.25, 0.3) is 0 Å². The van der Waals surface area contributed by atoms with E-state index in [2.05, 4.69) is 59.9 Å². The topological polar surface area (TPSA) is 50.1 Å². The van der Waals surface area contributed by atoms with E-state index in [-0.39, 0.29) is 12.6 Å². The molecule has 4 nitrogen and oxygen atoms in total. The minimum atomic E-state index is 0.0997. The Bertz CT molecular complexity index is 765. The summed E-state index contributed by atoms with van der Waals surface area (Å²) in [6, 6.07) is 18.7. The molecule has 0 fully saturated rings. The van der Waals surface area contributed by atoms with Crippen molar-refractivity contribution in [3.63, 3.8) is 0 Å². The van der Waals surface area contributed by atoms with Crippen LogP contribution in [0.5, 0.6) is 0 Å². The number of aliphatic hydroxyl groups is 1. The Morgan fingerprint density at radius 1 is 1.00 bits per heavy atom. The second-order valence-electron chi connectivity index (χ2n) is 6.36. The Morgan fingerprint density at radius 3 is 2.44 bits per heavy atom. The van der Waals surface area contributed by atoms with E-state index in [0.29, 0.717) is 0 Å². The fourth-order valence-corrected chi connectivity index (χ4v) is 2.82. The predicted molar refractivity (Wildman–Crippen MR) is 100 cm³/mol. The molecule has 25 heavy (non-hydrogen) atoms. The first-order valence-corrected chi connectivity index (χ1v) is 8.73. The van der Waals surface area contributed by atoms with Gasteiger partial charge in [-0.1, -0.05) is 54.6 Å². The van der Waals surface area contributed by atoms with E-state index >= 15 is 0 Å². The van der Waals surface area contributed by atoms with Crippen LogP contribution in [-0.2, 0) is 19.6 Å². The Morgan fingerprint density at radius 2 is 1.72 bits per heavy atom. The third-order valence-corrected chi connectivity index (χ3v) is 4.41. The van der Waals surface area contributed by atoms with Gasteiger partial charge in [-0.3, -0.25) is 4.68 Å². The highest BCUT2D eigenvalue weighted by molar-refractivity contribution is 5.22. The molecule has 1 unspecified atom stereocenters. The van der Waals surface area contributed by atoms with Gasteiger partial charge in [-0.2, -0.15) is 5.10 Å². The number of benzene rings is 2. The Hall–Kier alpha value is -2.43. The summed E-state index contributed by atoms with van der Waals surface area (Å²) < 4.78 is 1.98. The average molecular weight is 335 g/mol.